The smallest absolute Gasteiger partial charge is 0.0255 e. The average Bonchev–Trinajstić information content (AvgIpc) is 2.39. The summed E-state index contributed by atoms with van der Waals surface area (Å²) < 4.78 is 0. The first-order chi connectivity index (χ1) is 8.34. The molecule has 84 valence electrons. The summed E-state index contributed by atoms with van der Waals surface area (Å²) >= 11 is 1.93. The van der Waals surface area contributed by atoms with Crippen molar-refractivity contribution >= 4 is 17.3 Å². The van der Waals surface area contributed by atoms with Gasteiger partial charge in [-0.05, 0) is 29.7 Å². The van der Waals surface area contributed by atoms with Crippen LogP contribution in [-0.2, 0) is 0 Å². The van der Waals surface area contributed by atoms with E-state index in [1.807, 2.05) is 11.8 Å². The summed E-state index contributed by atoms with van der Waals surface area (Å²) in [5.74, 6) is 0. The van der Waals surface area contributed by atoms with Gasteiger partial charge in [0, 0.05) is 10.1 Å². The van der Waals surface area contributed by atoms with Crippen LogP contribution in [0.1, 0.15) is 18.1 Å². The molecule has 0 saturated carbocycles. The fourth-order valence-electron chi connectivity index (χ4n) is 2.22. The molecule has 1 atom stereocenters. The van der Waals surface area contributed by atoms with E-state index in [2.05, 4.69) is 67.6 Å². The molecule has 17 heavy (non-hydrogen) atoms. The number of thioether (sulfide) groups is 1. The van der Waals surface area contributed by atoms with E-state index in [4.69, 9.17) is 0 Å². The van der Waals surface area contributed by atoms with Crippen LogP contribution < -0.4 is 0 Å². The van der Waals surface area contributed by atoms with Gasteiger partial charge in [0.05, 0.1) is 0 Å². The van der Waals surface area contributed by atoms with E-state index in [9.17, 15) is 0 Å². The lowest BCUT2D eigenvalue weighted by Crippen LogP contribution is -2.03. The second-order valence-corrected chi connectivity index (χ2v) is 5.68. The molecule has 1 heterocycles. The van der Waals surface area contributed by atoms with Crippen LogP contribution in [0.4, 0.5) is 0 Å². The maximum atomic E-state index is 2.36. The van der Waals surface area contributed by atoms with Gasteiger partial charge in [-0.15, -0.1) is 11.8 Å². The number of rotatable bonds is 1. The Morgan fingerprint density at radius 1 is 0.882 bits per heavy atom. The summed E-state index contributed by atoms with van der Waals surface area (Å²) in [7, 11) is 0. The van der Waals surface area contributed by atoms with Gasteiger partial charge in [-0.3, -0.25) is 0 Å². The van der Waals surface area contributed by atoms with E-state index < -0.39 is 0 Å². The van der Waals surface area contributed by atoms with E-state index in [0.717, 1.165) is 0 Å². The molecule has 0 spiro atoms. The van der Waals surface area contributed by atoms with E-state index in [1.54, 1.807) is 0 Å². The highest BCUT2D eigenvalue weighted by molar-refractivity contribution is 8.00. The van der Waals surface area contributed by atoms with Crippen molar-refractivity contribution < 1.29 is 0 Å². The molecule has 0 saturated heterocycles. The largest absolute Gasteiger partial charge is 0.118 e. The topological polar surface area (TPSA) is 0 Å². The molecular weight excluding hydrogens is 224 g/mol. The molecular formula is C16H14S. The molecule has 0 fully saturated rings. The van der Waals surface area contributed by atoms with E-state index >= 15 is 0 Å². The van der Waals surface area contributed by atoms with Crippen molar-refractivity contribution in [2.75, 3.05) is 0 Å². The van der Waals surface area contributed by atoms with Gasteiger partial charge in [-0.2, -0.15) is 0 Å². The summed E-state index contributed by atoms with van der Waals surface area (Å²) in [4.78, 5) is 1.39. The Hall–Kier alpha value is -1.47. The minimum atomic E-state index is 0.542. The lowest BCUT2D eigenvalue weighted by Gasteiger charge is -2.21. The molecule has 1 heteroatoms. The lowest BCUT2D eigenvalue weighted by molar-refractivity contribution is 1.20. The fourth-order valence-corrected chi connectivity index (χ4v) is 3.29. The molecule has 1 aliphatic heterocycles. The van der Waals surface area contributed by atoms with Crippen molar-refractivity contribution in [2.24, 2.45) is 0 Å². The molecule has 0 N–H and O–H groups in total. The molecule has 0 radical (unpaired) electrons. The van der Waals surface area contributed by atoms with Gasteiger partial charge in [0.1, 0.15) is 0 Å². The highest BCUT2D eigenvalue weighted by atomic mass is 32.2. The molecule has 0 aromatic heterocycles. The fraction of sp³-hybridized carbons (Fsp3) is 0.125. The maximum Gasteiger partial charge on any atom is 0.0255 e. The highest BCUT2D eigenvalue weighted by Crippen LogP contribution is 2.39. The Bertz CT molecular complexity index is 555. The van der Waals surface area contributed by atoms with E-state index in [-0.39, 0.29) is 0 Å². The molecule has 1 unspecified atom stereocenters. The first kappa shape index (κ1) is 10.7. The Morgan fingerprint density at radius 3 is 2.41 bits per heavy atom. The minimum absolute atomic E-state index is 0.542. The Kier molecular flexibility index (Phi) is 2.77. The first-order valence-electron chi connectivity index (χ1n) is 5.88. The van der Waals surface area contributed by atoms with Crippen molar-refractivity contribution in [3.8, 4) is 0 Å². The van der Waals surface area contributed by atoms with Crippen molar-refractivity contribution in [1.82, 2.24) is 0 Å². The van der Waals surface area contributed by atoms with Gasteiger partial charge in [-0.1, -0.05) is 54.6 Å². The number of fused-ring (bicyclic) bond motifs is 1. The monoisotopic (exact) mass is 238 g/mol. The van der Waals surface area contributed by atoms with Crippen LogP contribution in [0.3, 0.4) is 0 Å². The standard InChI is InChI=1S/C16H14S/c1-12-11-15(13-7-3-2-4-8-13)14-9-5-6-10-16(14)17-12/h2-12H,1H3. The second-order valence-electron chi connectivity index (χ2n) is 4.27. The predicted molar refractivity (Wildman–Crippen MR) is 75.3 cm³/mol. The first-order valence-corrected chi connectivity index (χ1v) is 6.76. The van der Waals surface area contributed by atoms with Crippen LogP contribution in [-0.4, -0.2) is 5.25 Å². The Labute approximate surface area is 106 Å². The summed E-state index contributed by atoms with van der Waals surface area (Å²) in [6.07, 6.45) is 2.36. The summed E-state index contributed by atoms with van der Waals surface area (Å²) in [5, 5.41) is 0.542. The third-order valence-electron chi connectivity index (χ3n) is 2.98. The third kappa shape index (κ3) is 2.03. The zero-order valence-electron chi connectivity index (χ0n) is 9.76. The maximum absolute atomic E-state index is 2.36. The van der Waals surface area contributed by atoms with Crippen molar-refractivity contribution in [3.63, 3.8) is 0 Å². The quantitative estimate of drug-likeness (QED) is 0.699. The van der Waals surface area contributed by atoms with Crippen LogP contribution in [0.15, 0.2) is 65.6 Å². The number of hydrogen-bond acceptors (Lipinski definition) is 1. The normalized spacial score (nSPS) is 18.4. The van der Waals surface area contributed by atoms with Crippen LogP contribution in [0.5, 0.6) is 0 Å². The van der Waals surface area contributed by atoms with Gasteiger partial charge in [0.15, 0.2) is 0 Å². The SMILES string of the molecule is CC1C=C(c2ccccc2)c2ccccc2S1. The average molecular weight is 238 g/mol. The molecule has 0 nitrogen and oxygen atoms in total. The van der Waals surface area contributed by atoms with Crippen molar-refractivity contribution in [3.05, 3.63) is 71.8 Å². The van der Waals surface area contributed by atoms with Gasteiger partial charge in [-0.25, -0.2) is 0 Å². The third-order valence-corrected chi connectivity index (χ3v) is 4.09. The molecule has 1 aliphatic rings. The highest BCUT2D eigenvalue weighted by Gasteiger charge is 2.17. The zero-order valence-corrected chi connectivity index (χ0v) is 10.6. The second kappa shape index (κ2) is 4.42. The molecule has 0 aliphatic carbocycles. The van der Waals surface area contributed by atoms with Gasteiger partial charge >= 0.3 is 0 Å². The zero-order chi connectivity index (χ0) is 11.7. The Balaban J connectivity index is 2.16. The van der Waals surface area contributed by atoms with E-state index in [0.29, 0.717) is 5.25 Å². The number of hydrogen-bond donors (Lipinski definition) is 0. The van der Waals surface area contributed by atoms with Crippen molar-refractivity contribution in [2.45, 2.75) is 17.1 Å². The van der Waals surface area contributed by atoms with Gasteiger partial charge in [0.2, 0.25) is 0 Å². The summed E-state index contributed by atoms with van der Waals surface area (Å²) in [6, 6.07) is 19.3. The molecule has 0 bridgehead atoms. The van der Waals surface area contributed by atoms with Gasteiger partial charge in [0.25, 0.3) is 0 Å². The van der Waals surface area contributed by atoms with Crippen molar-refractivity contribution in [1.29, 1.82) is 0 Å². The van der Waals surface area contributed by atoms with Crippen LogP contribution in [0.2, 0.25) is 0 Å². The minimum Gasteiger partial charge on any atom is -0.118 e. The molecule has 2 aromatic carbocycles. The lowest BCUT2D eigenvalue weighted by atomic mass is 9.96. The number of benzene rings is 2. The predicted octanol–water partition coefficient (Wildman–Crippen LogP) is 4.61. The Morgan fingerprint density at radius 2 is 1.59 bits per heavy atom. The molecule has 2 aromatic rings. The summed E-state index contributed by atoms with van der Waals surface area (Å²) in [5.41, 5.74) is 4.04. The molecule has 0 amide bonds. The van der Waals surface area contributed by atoms with Crippen LogP contribution >= 0.6 is 11.8 Å². The van der Waals surface area contributed by atoms with Gasteiger partial charge < -0.3 is 0 Å². The molecule has 3 rings (SSSR count). The van der Waals surface area contributed by atoms with Crippen LogP contribution in [0.25, 0.3) is 5.57 Å². The van der Waals surface area contributed by atoms with Crippen LogP contribution in [0, 0.1) is 0 Å². The summed E-state index contributed by atoms with van der Waals surface area (Å²) in [6.45, 7) is 2.25. The van der Waals surface area contributed by atoms with E-state index in [1.165, 1.54) is 21.6 Å².